The number of nitrogens with one attached hydrogen (secondary N) is 1. The van der Waals surface area contributed by atoms with Crippen LogP contribution in [0.3, 0.4) is 0 Å². The topological polar surface area (TPSA) is 86.6 Å². The van der Waals surface area contributed by atoms with Crippen molar-refractivity contribution in [3.63, 3.8) is 0 Å². The molecule has 6 heteroatoms. The Morgan fingerprint density at radius 1 is 1.55 bits per heavy atom. The summed E-state index contributed by atoms with van der Waals surface area (Å²) in [4.78, 5) is 10.4. The van der Waals surface area contributed by atoms with Gasteiger partial charge in [-0.3, -0.25) is 9.35 Å². The highest BCUT2D eigenvalue weighted by molar-refractivity contribution is 7.77. The summed E-state index contributed by atoms with van der Waals surface area (Å²) in [6.45, 7) is 3.30. The molecule has 0 fully saturated rings. The Balaban J connectivity index is 4.12. The molecule has 11 heavy (non-hydrogen) atoms. The van der Waals surface area contributed by atoms with Crippen LogP contribution < -0.4 is 4.72 Å². The Morgan fingerprint density at radius 2 is 2.00 bits per heavy atom. The summed E-state index contributed by atoms with van der Waals surface area (Å²) in [6.07, 6.45) is 0. The Bertz CT molecular complexity index is 170. The first-order valence-electron chi connectivity index (χ1n) is 3.05. The predicted octanol–water partition coefficient (Wildman–Crippen LogP) is -0.178. The van der Waals surface area contributed by atoms with Crippen molar-refractivity contribution in [3.05, 3.63) is 0 Å². The van der Waals surface area contributed by atoms with E-state index < -0.39 is 23.3 Å². The molecule has 0 bridgehead atoms. The molecule has 0 aromatic rings. The first-order valence-corrected chi connectivity index (χ1v) is 4.15. The molecule has 66 valence electrons. The average molecular weight is 181 g/mol. The van der Waals surface area contributed by atoms with Crippen LogP contribution in [0.25, 0.3) is 0 Å². The van der Waals surface area contributed by atoms with Gasteiger partial charge in [-0.05, 0) is 5.92 Å². The van der Waals surface area contributed by atoms with E-state index in [1.807, 2.05) is 4.72 Å². The van der Waals surface area contributed by atoms with Gasteiger partial charge in [0.1, 0.15) is 6.04 Å². The van der Waals surface area contributed by atoms with Gasteiger partial charge in [0.25, 0.3) is 0 Å². The molecule has 1 unspecified atom stereocenters. The minimum Gasteiger partial charge on any atom is -0.480 e. The lowest BCUT2D eigenvalue weighted by molar-refractivity contribution is -0.140. The molecule has 5 nitrogen and oxygen atoms in total. The summed E-state index contributed by atoms with van der Waals surface area (Å²) in [6, 6.07) is -0.971. The third-order valence-electron chi connectivity index (χ3n) is 1.16. The van der Waals surface area contributed by atoms with Gasteiger partial charge in [0.05, 0.1) is 0 Å². The minimum absolute atomic E-state index is 0.219. The van der Waals surface area contributed by atoms with Crippen molar-refractivity contribution in [3.8, 4) is 0 Å². The zero-order chi connectivity index (χ0) is 9.02. The van der Waals surface area contributed by atoms with Crippen LogP contribution in [0.15, 0.2) is 0 Å². The molecule has 0 rings (SSSR count). The van der Waals surface area contributed by atoms with E-state index in [2.05, 4.69) is 0 Å². The van der Waals surface area contributed by atoms with E-state index in [-0.39, 0.29) is 5.92 Å². The van der Waals surface area contributed by atoms with Crippen molar-refractivity contribution in [2.24, 2.45) is 5.92 Å². The maximum atomic E-state index is 10.4. The van der Waals surface area contributed by atoms with E-state index in [1.54, 1.807) is 13.8 Å². The van der Waals surface area contributed by atoms with Crippen LogP contribution in [0.1, 0.15) is 13.8 Å². The van der Waals surface area contributed by atoms with Gasteiger partial charge >= 0.3 is 5.97 Å². The lowest BCUT2D eigenvalue weighted by Gasteiger charge is -2.14. The van der Waals surface area contributed by atoms with Crippen molar-refractivity contribution in [1.82, 2.24) is 4.72 Å². The third-order valence-corrected chi connectivity index (χ3v) is 1.62. The van der Waals surface area contributed by atoms with Crippen LogP contribution in [0, 0.1) is 5.92 Å². The number of carboxylic acids is 1. The van der Waals surface area contributed by atoms with Gasteiger partial charge < -0.3 is 5.11 Å². The number of rotatable bonds is 4. The van der Waals surface area contributed by atoms with E-state index in [1.165, 1.54) is 0 Å². The van der Waals surface area contributed by atoms with Crippen molar-refractivity contribution in [1.29, 1.82) is 0 Å². The van der Waals surface area contributed by atoms with Gasteiger partial charge in [0, 0.05) is 0 Å². The van der Waals surface area contributed by atoms with Gasteiger partial charge in [-0.2, -0.15) is 0 Å². The second-order valence-corrected chi connectivity index (χ2v) is 3.16. The molecule has 0 aromatic carbocycles. The van der Waals surface area contributed by atoms with Crippen LogP contribution in [0.4, 0.5) is 0 Å². The largest absolute Gasteiger partial charge is 0.480 e. The summed E-state index contributed by atoms with van der Waals surface area (Å²) < 4.78 is 20.5. The number of carboxylic acid groups (broad SMARTS) is 1. The first-order chi connectivity index (χ1) is 4.95. The maximum absolute atomic E-state index is 10.4. The first kappa shape index (κ1) is 10.5. The van der Waals surface area contributed by atoms with Crippen LogP contribution in [0.5, 0.6) is 0 Å². The van der Waals surface area contributed by atoms with Crippen LogP contribution in [0.2, 0.25) is 0 Å². The highest BCUT2D eigenvalue weighted by atomic mass is 32.2. The fraction of sp³-hybridized carbons (Fsp3) is 0.800. The van der Waals surface area contributed by atoms with E-state index >= 15 is 0 Å². The van der Waals surface area contributed by atoms with Crippen molar-refractivity contribution < 1.29 is 18.7 Å². The molecule has 2 atom stereocenters. The molecular formula is C5H11NO4S. The molecule has 0 heterocycles. The number of hydrogen-bond donors (Lipinski definition) is 3. The van der Waals surface area contributed by atoms with Crippen molar-refractivity contribution in [2.45, 2.75) is 19.9 Å². The summed E-state index contributed by atoms with van der Waals surface area (Å²) in [7, 11) is 0. The fourth-order valence-corrected chi connectivity index (χ4v) is 1.17. The molecule has 0 amide bonds. The minimum atomic E-state index is -2.27. The Kier molecular flexibility index (Phi) is 4.24. The Morgan fingerprint density at radius 3 is 2.09 bits per heavy atom. The van der Waals surface area contributed by atoms with Gasteiger partial charge in [-0.1, -0.05) is 13.8 Å². The molecule has 0 radical (unpaired) electrons. The number of aliphatic carboxylic acids is 1. The van der Waals surface area contributed by atoms with Crippen molar-refractivity contribution in [2.75, 3.05) is 0 Å². The molecule has 0 aliphatic carbocycles. The molecule has 0 aromatic heterocycles. The van der Waals surface area contributed by atoms with Gasteiger partial charge in [0.2, 0.25) is 11.3 Å². The highest BCUT2D eigenvalue weighted by Gasteiger charge is 2.22. The Hall–Kier alpha value is -0.460. The lowest BCUT2D eigenvalue weighted by Crippen LogP contribution is -2.41. The second-order valence-electron chi connectivity index (χ2n) is 2.43. The zero-order valence-electron chi connectivity index (χ0n) is 6.27. The zero-order valence-corrected chi connectivity index (χ0v) is 7.09. The third kappa shape index (κ3) is 4.07. The summed E-state index contributed by atoms with van der Waals surface area (Å²) in [5.41, 5.74) is 0. The highest BCUT2D eigenvalue weighted by Crippen LogP contribution is 2.01. The van der Waals surface area contributed by atoms with Crippen LogP contribution in [-0.2, 0) is 16.1 Å². The normalized spacial score (nSPS) is 16.4. The summed E-state index contributed by atoms with van der Waals surface area (Å²) in [5, 5.41) is 8.48. The lowest BCUT2D eigenvalue weighted by atomic mass is 10.1. The van der Waals surface area contributed by atoms with Crippen LogP contribution >= 0.6 is 0 Å². The summed E-state index contributed by atoms with van der Waals surface area (Å²) in [5.74, 6) is -1.34. The van der Waals surface area contributed by atoms with Gasteiger partial charge in [-0.25, -0.2) is 8.93 Å². The van der Waals surface area contributed by atoms with Gasteiger partial charge in [0.15, 0.2) is 0 Å². The average Bonchev–Trinajstić information content (AvgIpc) is 1.81. The molecule has 0 spiro atoms. The molecular weight excluding hydrogens is 170 g/mol. The quantitative estimate of drug-likeness (QED) is 0.525. The SMILES string of the molecule is CC(C)[C@H](NS(=O)O)C(=O)O. The van der Waals surface area contributed by atoms with E-state index in [0.29, 0.717) is 0 Å². The smallest absolute Gasteiger partial charge is 0.321 e. The molecule has 0 saturated heterocycles. The van der Waals surface area contributed by atoms with Crippen LogP contribution in [-0.4, -0.2) is 25.9 Å². The van der Waals surface area contributed by atoms with E-state index in [9.17, 15) is 9.00 Å². The van der Waals surface area contributed by atoms with Crippen molar-refractivity contribution >= 4 is 17.2 Å². The second kappa shape index (κ2) is 4.42. The molecule has 0 saturated carbocycles. The molecule has 3 N–H and O–H groups in total. The molecule has 0 aliphatic rings. The maximum Gasteiger partial charge on any atom is 0.321 e. The number of hydrogen-bond acceptors (Lipinski definition) is 2. The standard InChI is InChI=1S/C5H11NO4S/c1-3(2)4(5(7)8)6-11(9)10/h3-4,6H,1-2H3,(H,7,8)(H,9,10)/t4-/m0/s1. The fourth-order valence-electron chi connectivity index (χ4n) is 0.580. The summed E-state index contributed by atoms with van der Waals surface area (Å²) >= 11 is -2.27. The Labute approximate surface area is 67.2 Å². The molecule has 0 aliphatic heterocycles. The number of carbonyl (C=O) groups is 1. The van der Waals surface area contributed by atoms with Gasteiger partial charge in [-0.15, -0.1) is 0 Å². The van der Waals surface area contributed by atoms with E-state index in [4.69, 9.17) is 9.66 Å². The predicted molar refractivity (Wildman–Crippen MR) is 40.2 cm³/mol. The van der Waals surface area contributed by atoms with E-state index in [0.717, 1.165) is 0 Å². The monoisotopic (exact) mass is 181 g/mol.